The summed E-state index contributed by atoms with van der Waals surface area (Å²) in [6, 6.07) is 7.23. The number of allylic oxidation sites excluding steroid dienone is 1. The highest BCUT2D eigenvalue weighted by Crippen LogP contribution is 2.31. The number of carboxylic acid groups (broad SMARTS) is 1. The first-order valence-electron chi connectivity index (χ1n) is 16.6. The number of likely N-dealkylation sites (N-methyl/N-ethyl adjacent to an activating group) is 2. The topological polar surface area (TPSA) is 143 Å². The summed E-state index contributed by atoms with van der Waals surface area (Å²) in [6.07, 6.45) is 0.544. The van der Waals surface area contributed by atoms with Gasteiger partial charge in [-0.3, -0.25) is 14.5 Å². The number of amides is 3. The molecule has 11 nitrogen and oxygen atoms in total. The lowest BCUT2D eigenvalue weighted by Crippen LogP contribution is -2.56. The molecule has 0 aliphatic heterocycles. The lowest BCUT2D eigenvalue weighted by atomic mass is 9.77. The van der Waals surface area contributed by atoms with Crippen molar-refractivity contribution in [3.63, 3.8) is 0 Å². The first-order chi connectivity index (χ1) is 21.9. The largest absolute Gasteiger partial charge is 0.480 e. The normalized spacial score (nSPS) is 14.4. The van der Waals surface area contributed by atoms with E-state index < -0.39 is 52.3 Å². The van der Waals surface area contributed by atoms with Crippen molar-refractivity contribution in [3.05, 3.63) is 47.5 Å². The molecular weight excluding hydrogens is 626 g/mol. The number of nitrogens with one attached hydrogen (secondary N) is 1. The molecule has 0 spiro atoms. The molecule has 0 fully saturated rings. The number of rotatable bonds is 10. The van der Waals surface area contributed by atoms with E-state index in [1.807, 2.05) is 84.9 Å². The van der Waals surface area contributed by atoms with Gasteiger partial charge in [0, 0.05) is 19.5 Å². The Balaban J connectivity index is 0.000000958. The van der Waals surface area contributed by atoms with E-state index in [2.05, 4.69) is 5.32 Å². The first kappa shape index (κ1) is 45.1. The number of alkyl carbamates (subject to hydrolysis) is 1. The first-order valence-corrected chi connectivity index (χ1v) is 16.6. The smallest absolute Gasteiger partial charge is 0.410 e. The van der Waals surface area contributed by atoms with E-state index in [0.717, 1.165) is 10.5 Å². The zero-order valence-corrected chi connectivity index (χ0v) is 33.0. The molecule has 1 aromatic rings. The molecule has 3 amide bonds. The van der Waals surface area contributed by atoms with Crippen molar-refractivity contribution in [3.8, 4) is 0 Å². The molecule has 0 saturated heterocycles. The second kappa shape index (κ2) is 17.7. The van der Waals surface area contributed by atoms with Gasteiger partial charge < -0.3 is 24.8 Å². The van der Waals surface area contributed by atoms with E-state index in [1.165, 1.54) is 14.0 Å². The maximum atomic E-state index is 13.2. The third-order valence-corrected chi connectivity index (χ3v) is 7.73. The Labute approximate surface area is 294 Å². The molecule has 278 valence electrons. The molecule has 0 aliphatic carbocycles. The number of ketones is 1. The molecule has 1 rings (SSSR count). The highest BCUT2D eigenvalue weighted by atomic mass is 16.6. The van der Waals surface area contributed by atoms with Crippen LogP contribution < -0.4 is 5.32 Å². The zero-order chi connectivity index (χ0) is 38.9. The molecule has 3 atom stereocenters. The summed E-state index contributed by atoms with van der Waals surface area (Å²) in [5, 5.41) is 12.4. The Morgan fingerprint density at radius 2 is 1.24 bits per heavy atom. The fourth-order valence-electron chi connectivity index (χ4n) is 4.97. The molecule has 0 aliphatic rings. The summed E-state index contributed by atoms with van der Waals surface area (Å²) in [6.45, 7) is 27.1. The number of hydrogen-bond acceptors (Lipinski definition) is 7. The van der Waals surface area contributed by atoms with Crippen molar-refractivity contribution in [1.82, 2.24) is 15.1 Å². The summed E-state index contributed by atoms with van der Waals surface area (Å²) in [5.74, 6) is -1.21. The standard InChI is InChI=1S/C21H38N2O4.C17H25NO4/c1-13(2)16(12-14(3)15(4)24)23(11)18(25)17(20(5,6)7)22-19(26)27-21(8,9)10;1-16(2,3)22-15(21)18(6)13(14(19)20)17(4,5)12-10-8-7-9-11-12/h12-13,16-17H,1-11H3,(H,22,26);7-11,13H,1-6H3,(H,19,20)/b14-12+;/t16-,17-;13-/m11/s1. The van der Waals surface area contributed by atoms with E-state index in [9.17, 15) is 29.1 Å². The maximum Gasteiger partial charge on any atom is 0.410 e. The van der Waals surface area contributed by atoms with Crippen LogP contribution in [0.2, 0.25) is 0 Å². The number of benzene rings is 1. The van der Waals surface area contributed by atoms with E-state index in [0.29, 0.717) is 5.57 Å². The van der Waals surface area contributed by atoms with Crippen molar-refractivity contribution in [2.75, 3.05) is 14.1 Å². The molecular formula is C38H63N3O8. The summed E-state index contributed by atoms with van der Waals surface area (Å²) in [7, 11) is 3.16. The van der Waals surface area contributed by atoms with Gasteiger partial charge in [-0.05, 0) is 77.9 Å². The molecule has 0 unspecified atom stereocenters. The summed E-state index contributed by atoms with van der Waals surface area (Å²) >= 11 is 0. The monoisotopic (exact) mass is 689 g/mol. The highest BCUT2D eigenvalue weighted by Gasteiger charge is 2.43. The number of ether oxygens (including phenoxy) is 2. The van der Waals surface area contributed by atoms with Gasteiger partial charge in [0.2, 0.25) is 5.91 Å². The van der Waals surface area contributed by atoms with Crippen LogP contribution in [0.5, 0.6) is 0 Å². The van der Waals surface area contributed by atoms with Crippen LogP contribution in [0.3, 0.4) is 0 Å². The van der Waals surface area contributed by atoms with Crippen molar-refractivity contribution < 1.29 is 38.6 Å². The van der Waals surface area contributed by atoms with E-state index in [1.54, 1.807) is 60.4 Å². The van der Waals surface area contributed by atoms with Gasteiger partial charge in [-0.1, -0.05) is 84.9 Å². The molecule has 0 bridgehead atoms. The SMILES string of the molecule is CC(=O)/C(C)=C/[C@H](C(C)C)N(C)C(=O)[C@@H](NC(=O)OC(C)(C)C)C(C)(C)C.CN(C(=O)OC(C)(C)C)[C@H](C(=O)O)C(C)(C)c1ccccc1. The number of nitrogens with zero attached hydrogens (tertiary/aromatic N) is 2. The van der Waals surface area contributed by atoms with E-state index in [4.69, 9.17) is 9.47 Å². The fourth-order valence-corrected chi connectivity index (χ4v) is 4.97. The van der Waals surface area contributed by atoms with Crippen molar-refractivity contribution in [2.24, 2.45) is 11.3 Å². The van der Waals surface area contributed by atoms with Gasteiger partial charge >= 0.3 is 18.2 Å². The van der Waals surface area contributed by atoms with Gasteiger partial charge in [0.15, 0.2) is 5.78 Å². The van der Waals surface area contributed by atoms with Crippen LogP contribution in [-0.2, 0) is 29.3 Å². The number of carbonyl (C=O) groups is 5. The van der Waals surface area contributed by atoms with Crippen LogP contribution in [0, 0.1) is 11.3 Å². The van der Waals surface area contributed by atoms with Crippen molar-refractivity contribution >= 4 is 29.8 Å². The van der Waals surface area contributed by atoms with Gasteiger partial charge in [0.1, 0.15) is 23.3 Å². The Morgan fingerprint density at radius 1 is 0.776 bits per heavy atom. The lowest BCUT2D eigenvalue weighted by Gasteiger charge is -2.38. The molecule has 1 aromatic carbocycles. The molecule has 0 aromatic heterocycles. The minimum atomic E-state index is -1.07. The predicted molar refractivity (Wildman–Crippen MR) is 193 cm³/mol. The van der Waals surface area contributed by atoms with Crippen LogP contribution in [-0.4, -0.2) is 88.2 Å². The minimum absolute atomic E-state index is 0.0271. The van der Waals surface area contributed by atoms with E-state index >= 15 is 0 Å². The molecule has 0 heterocycles. The van der Waals surface area contributed by atoms with Crippen LogP contribution in [0.25, 0.3) is 0 Å². The predicted octanol–water partition coefficient (Wildman–Crippen LogP) is 7.23. The fraction of sp³-hybridized carbons (Fsp3) is 0.658. The van der Waals surface area contributed by atoms with Gasteiger partial charge in [-0.15, -0.1) is 0 Å². The summed E-state index contributed by atoms with van der Waals surface area (Å²) in [5.41, 5.74) is -1.14. The van der Waals surface area contributed by atoms with Gasteiger partial charge in [0.05, 0.1) is 6.04 Å². The average Bonchev–Trinajstić information content (AvgIpc) is 2.91. The lowest BCUT2D eigenvalue weighted by molar-refractivity contribution is -0.145. The highest BCUT2D eigenvalue weighted by molar-refractivity contribution is 5.93. The number of aliphatic carboxylic acids is 1. The minimum Gasteiger partial charge on any atom is -0.480 e. The Kier molecular flexibility index (Phi) is 16.3. The Morgan fingerprint density at radius 3 is 1.61 bits per heavy atom. The van der Waals surface area contributed by atoms with Gasteiger partial charge in [-0.2, -0.15) is 0 Å². The maximum absolute atomic E-state index is 13.2. The average molecular weight is 690 g/mol. The third kappa shape index (κ3) is 15.0. The van der Waals surface area contributed by atoms with Crippen molar-refractivity contribution in [1.29, 1.82) is 0 Å². The second-order valence-electron chi connectivity index (χ2n) is 16.5. The quantitative estimate of drug-likeness (QED) is 0.245. The number of carbonyl (C=O) groups excluding carboxylic acids is 4. The van der Waals surface area contributed by atoms with Crippen LogP contribution in [0.4, 0.5) is 9.59 Å². The Bertz CT molecular complexity index is 1310. The molecule has 0 saturated carbocycles. The Hall–Kier alpha value is -3.89. The van der Waals surface area contributed by atoms with Crippen LogP contribution in [0.1, 0.15) is 109 Å². The third-order valence-electron chi connectivity index (χ3n) is 7.73. The zero-order valence-electron chi connectivity index (χ0n) is 33.0. The van der Waals surface area contributed by atoms with Gasteiger partial charge in [-0.25, -0.2) is 14.4 Å². The summed E-state index contributed by atoms with van der Waals surface area (Å²) in [4.78, 5) is 63.9. The number of Topliss-reactive ketones (excluding diaryl/α,β-unsaturated/α-hetero) is 1. The van der Waals surface area contributed by atoms with Gasteiger partial charge in [0.25, 0.3) is 0 Å². The van der Waals surface area contributed by atoms with Crippen LogP contribution >= 0.6 is 0 Å². The summed E-state index contributed by atoms with van der Waals surface area (Å²) < 4.78 is 10.6. The van der Waals surface area contributed by atoms with Crippen LogP contribution in [0.15, 0.2) is 42.0 Å². The second-order valence-corrected chi connectivity index (χ2v) is 16.5. The molecule has 49 heavy (non-hydrogen) atoms. The van der Waals surface area contributed by atoms with Crippen molar-refractivity contribution in [2.45, 2.75) is 139 Å². The van der Waals surface area contributed by atoms with E-state index in [-0.39, 0.29) is 23.7 Å². The molecule has 11 heteroatoms. The molecule has 0 radical (unpaired) electrons. The molecule has 2 N–H and O–H groups in total. The number of carboxylic acids is 1. The number of hydrogen-bond donors (Lipinski definition) is 2.